The first-order valence-corrected chi connectivity index (χ1v) is 7.59. The molecule has 3 rings (SSSR count). The molecule has 0 amide bonds. The van der Waals surface area contributed by atoms with Crippen LogP contribution in [0.3, 0.4) is 0 Å². The molecule has 0 bridgehead atoms. The first-order chi connectivity index (χ1) is 10.2. The van der Waals surface area contributed by atoms with E-state index in [-0.39, 0.29) is 5.82 Å². The topological polar surface area (TPSA) is 24.9 Å². The second kappa shape index (κ2) is 6.06. The number of nitrogens with zero attached hydrogens (tertiary/aromatic N) is 1. The summed E-state index contributed by atoms with van der Waals surface area (Å²) in [4.78, 5) is 4.28. The molecule has 1 N–H and O–H groups in total. The molecular formula is C17H15FN2S. The maximum Gasteiger partial charge on any atom is 0.126 e. The molecular weight excluding hydrogens is 283 g/mol. The lowest BCUT2D eigenvalue weighted by atomic mass is 10.1. The smallest absolute Gasteiger partial charge is 0.126 e. The molecule has 0 atom stereocenters. The molecule has 4 heteroatoms. The second-order valence-corrected chi connectivity index (χ2v) is 5.75. The minimum atomic E-state index is -0.159. The molecule has 0 aliphatic carbocycles. The molecule has 0 aliphatic heterocycles. The van der Waals surface area contributed by atoms with E-state index in [1.54, 1.807) is 36.6 Å². The van der Waals surface area contributed by atoms with Crippen LogP contribution in [0.4, 0.5) is 10.1 Å². The number of rotatable bonds is 4. The van der Waals surface area contributed by atoms with Gasteiger partial charge in [0.25, 0.3) is 0 Å². The van der Waals surface area contributed by atoms with Crippen LogP contribution in [0.5, 0.6) is 0 Å². The standard InChI is InChI=1S/C17H15FN2S/c1-12-2-3-13(10-16(12)18)11-20-15-6-4-14(5-7-15)17-19-8-9-21-17/h2-10,20H,11H2,1H3. The van der Waals surface area contributed by atoms with E-state index < -0.39 is 0 Å². The summed E-state index contributed by atoms with van der Waals surface area (Å²) in [6, 6.07) is 13.4. The van der Waals surface area contributed by atoms with Crippen LogP contribution in [0.25, 0.3) is 10.6 Å². The van der Waals surface area contributed by atoms with Crippen molar-refractivity contribution >= 4 is 17.0 Å². The quantitative estimate of drug-likeness (QED) is 0.743. The first kappa shape index (κ1) is 13.8. The Kier molecular flexibility index (Phi) is 3.97. The second-order valence-electron chi connectivity index (χ2n) is 4.85. The summed E-state index contributed by atoms with van der Waals surface area (Å²) >= 11 is 1.62. The molecule has 21 heavy (non-hydrogen) atoms. The third-order valence-corrected chi connectivity index (χ3v) is 4.12. The van der Waals surface area contributed by atoms with Gasteiger partial charge in [-0.2, -0.15) is 0 Å². The third-order valence-electron chi connectivity index (χ3n) is 3.30. The van der Waals surface area contributed by atoms with Gasteiger partial charge in [-0.05, 0) is 48.4 Å². The maximum atomic E-state index is 13.5. The summed E-state index contributed by atoms with van der Waals surface area (Å²) in [5, 5.41) is 6.28. The zero-order valence-corrected chi connectivity index (χ0v) is 12.5. The van der Waals surface area contributed by atoms with Gasteiger partial charge in [0.05, 0.1) is 0 Å². The van der Waals surface area contributed by atoms with E-state index in [1.807, 2.05) is 35.7 Å². The number of anilines is 1. The summed E-state index contributed by atoms with van der Waals surface area (Å²) in [5.41, 5.74) is 3.72. The van der Waals surface area contributed by atoms with E-state index >= 15 is 0 Å². The van der Waals surface area contributed by atoms with E-state index in [0.29, 0.717) is 12.1 Å². The number of halogens is 1. The van der Waals surface area contributed by atoms with Crippen molar-refractivity contribution in [3.63, 3.8) is 0 Å². The molecule has 2 aromatic carbocycles. The lowest BCUT2D eigenvalue weighted by Crippen LogP contribution is -2.00. The minimum absolute atomic E-state index is 0.159. The fourth-order valence-electron chi connectivity index (χ4n) is 2.05. The largest absolute Gasteiger partial charge is 0.381 e. The maximum absolute atomic E-state index is 13.5. The van der Waals surface area contributed by atoms with Crippen molar-refractivity contribution < 1.29 is 4.39 Å². The molecule has 2 nitrogen and oxygen atoms in total. The van der Waals surface area contributed by atoms with Crippen LogP contribution in [0.2, 0.25) is 0 Å². The number of hydrogen-bond acceptors (Lipinski definition) is 3. The van der Waals surface area contributed by atoms with Crippen LogP contribution < -0.4 is 5.32 Å². The summed E-state index contributed by atoms with van der Waals surface area (Å²) in [6.45, 7) is 2.37. The molecule has 1 aromatic heterocycles. The minimum Gasteiger partial charge on any atom is -0.381 e. The summed E-state index contributed by atoms with van der Waals surface area (Å²) in [5.74, 6) is -0.159. The highest BCUT2D eigenvalue weighted by atomic mass is 32.1. The van der Waals surface area contributed by atoms with Crippen molar-refractivity contribution in [2.24, 2.45) is 0 Å². The summed E-state index contributed by atoms with van der Waals surface area (Å²) in [6.07, 6.45) is 1.80. The normalized spacial score (nSPS) is 10.6. The summed E-state index contributed by atoms with van der Waals surface area (Å²) in [7, 11) is 0. The molecule has 106 valence electrons. The zero-order valence-electron chi connectivity index (χ0n) is 11.6. The Bertz CT molecular complexity index is 721. The van der Waals surface area contributed by atoms with E-state index in [1.165, 1.54) is 0 Å². The van der Waals surface area contributed by atoms with Crippen molar-refractivity contribution in [2.45, 2.75) is 13.5 Å². The lowest BCUT2D eigenvalue weighted by Gasteiger charge is -2.08. The number of aryl methyl sites for hydroxylation is 1. The van der Waals surface area contributed by atoms with Gasteiger partial charge < -0.3 is 5.32 Å². The van der Waals surface area contributed by atoms with Crippen molar-refractivity contribution in [1.82, 2.24) is 4.98 Å². The van der Waals surface area contributed by atoms with E-state index in [2.05, 4.69) is 10.3 Å². The van der Waals surface area contributed by atoms with Crippen LogP contribution in [0.15, 0.2) is 54.0 Å². The predicted octanol–water partition coefficient (Wildman–Crippen LogP) is 4.87. The van der Waals surface area contributed by atoms with Crippen molar-refractivity contribution in [3.8, 4) is 10.6 Å². The monoisotopic (exact) mass is 298 g/mol. The number of hydrogen-bond donors (Lipinski definition) is 1. The van der Waals surface area contributed by atoms with Crippen LogP contribution in [-0.2, 0) is 6.54 Å². The Balaban J connectivity index is 1.66. The van der Waals surface area contributed by atoms with Gasteiger partial charge in [-0.25, -0.2) is 9.37 Å². The Morgan fingerprint density at radius 3 is 2.62 bits per heavy atom. The Morgan fingerprint density at radius 1 is 1.14 bits per heavy atom. The molecule has 3 aromatic rings. The predicted molar refractivity (Wildman–Crippen MR) is 86.0 cm³/mol. The SMILES string of the molecule is Cc1ccc(CNc2ccc(-c3nccs3)cc2)cc1F. The molecule has 1 heterocycles. The highest BCUT2D eigenvalue weighted by molar-refractivity contribution is 7.13. The number of nitrogens with one attached hydrogen (secondary N) is 1. The fraction of sp³-hybridized carbons (Fsp3) is 0.118. The molecule has 0 aliphatic rings. The molecule has 0 saturated heterocycles. The van der Waals surface area contributed by atoms with Crippen molar-refractivity contribution in [1.29, 1.82) is 0 Å². The van der Waals surface area contributed by atoms with E-state index in [4.69, 9.17) is 0 Å². The average Bonchev–Trinajstić information content (AvgIpc) is 3.03. The molecule has 0 saturated carbocycles. The van der Waals surface area contributed by atoms with Crippen LogP contribution in [0.1, 0.15) is 11.1 Å². The van der Waals surface area contributed by atoms with Crippen molar-refractivity contribution in [3.05, 3.63) is 71.0 Å². The van der Waals surface area contributed by atoms with Gasteiger partial charge in [0.15, 0.2) is 0 Å². The lowest BCUT2D eigenvalue weighted by molar-refractivity contribution is 0.616. The Labute approximate surface area is 127 Å². The van der Waals surface area contributed by atoms with Crippen molar-refractivity contribution in [2.75, 3.05) is 5.32 Å². The zero-order chi connectivity index (χ0) is 14.7. The van der Waals surface area contributed by atoms with Gasteiger partial charge in [0.2, 0.25) is 0 Å². The summed E-state index contributed by atoms with van der Waals surface area (Å²) < 4.78 is 13.5. The highest BCUT2D eigenvalue weighted by Crippen LogP contribution is 2.23. The third kappa shape index (κ3) is 3.28. The van der Waals surface area contributed by atoms with Gasteiger partial charge in [-0.15, -0.1) is 11.3 Å². The number of aromatic nitrogens is 1. The average molecular weight is 298 g/mol. The van der Waals surface area contributed by atoms with E-state index in [0.717, 1.165) is 21.8 Å². The molecule has 0 unspecified atom stereocenters. The molecule has 0 fully saturated rings. The highest BCUT2D eigenvalue weighted by Gasteiger charge is 2.02. The Morgan fingerprint density at radius 2 is 1.95 bits per heavy atom. The number of thiazole rings is 1. The van der Waals surface area contributed by atoms with Gasteiger partial charge in [0, 0.05) is 29.4 Å². The Hall–Kier alpha value is -2.20. The number of benzene rings is 2. The van der Waals surface area contributed by atoms with Gasteiger partial charge >= 0.3 is 0 Å². The van der Waals surface area contributed by atoms with Crippen LogP contribution >= 0.6 is 11.3 Å². The van der Waals surface area contributed by atoms with E-state index in [9.17, 15) is 4.39 Å². The van der Waals surface area contributed by atoms with Crippen LogP contribution in [0, 0.1) is 12.7 Å². The molecule has 0 radical (unpaired) electrons. The molecule has 0 spiro atoms. The van der Waals surface area contributed by atoms with Gasteiger partial charge in [0.1, 0.15) is 10.8 Å². The van der Waals surface area contributed by atoms with Gasteiger partial charge in [-0.1, -0.05) is 12.1 Å². The first-order valence-electron chi connectivity index (χ1n) is 6.71. The van der Waals surface area contributed by atoms with Crippen LogP contribution in [-0.4, -0.2) is 4.98 Å². The fourth-order valence-corrected chi connectivity index (χ4v) is 2.69. The van der Waals surface area contributed by atoms with Gasteiger partial charge in [-0.3, -0.25) is 0 Å².